The molecule has 3 saturated heterocycles. The minimum Gasteiger partial charge on any atom is -0.455 e. The SMILES string of the molecule is CC[C@@H]1OC(=O)[C@](C)(F)C(=O)[C@H](C)C[C@](C)(OCC=Cc2cnc3ccccc3c2)C[C@@H](C)C(=O)[C@]2(C)CN(C)[C@H]3C(=O)O[C@@]1(C)C32. The zero-order chi connectivity index (χ0) is 34.5. The van der Waals surface area contributed by atoms with Gasteiger partial charge in [0.05, 0.1) is 17.7 Å². The first-order chi connectivity index (χ1) is 22.0. The van der Waals surface area contributed by atoms with E-state index in [1.807, 2.05) is 68.2 Å². The van der Waals surface area contributed by atoms with Gasteiger partial charge in [-0.3, -0.25) is 24.3 Å². The van der Waals surface area contributed by atoms with Crippen LogP contribution < -0.4 is 0 Å². The largest absolute Gasteiger partial charge is 0.455 e. The molecule has 0 radical (unpaired) electrons. The summed E-state index contributed by atoms with van der Waals surface area (Å²) < 4.78 is 34.3. The fourth-order valence-corrected chi connectivity index (χ4v) is 8.68. The Bertz CT molecular complexity index is 1610. The highest BCUT2D eigenvalue weighted by Gasteiger charge is 2.70. The number of hydrogen-bond acceptors (Lipinski definition) is 9. The average molecular weight is 651 g/mol. The second-order valence-electron chi connectivity index (χ2n) is 14.7. The number of hydrogen-bond donors (Lipinski definition) is 0. The minimum absolute atomic E-state index is 0.0680. The number of carbonyl (C=O) groups is 4. The maximum Gasteiger partial charge on any atom is 0.351 e. The van der Waals surface area contributed by atoms with Gasteiger partial charge in [0.1, 0.15) is 17.9 Å². The number of pyridine rings is 1. The number of esters is 2. The number of fused-ring (bicyclic) bond motifs is 1. The number of aromatic nitrogens is 1. The van der Waals surface area contributed by atoms with Gasteiger partial charge in [0.25, 0.3) is 5.67 Å². The number of likely N-dealkylation sites (tertiary alicyclic amines) is 1. The van der Waals surface area contributed by atoms with Crippen LogP contribution in [0.25, 0.3) is 17.0 Å². The normalized spacial score (nSPS) is 38.8. The van der Waals surface area contributed by atoms with Gasteiger partial charge >= 0.3 is 11.9 Å². The Labute approximate surface area is 276 Å². The molecule has 10 heteroatoms. The lowest BCUT2D eigenvalue weighted by molar-refractivity contribution is -0.192. The van der Waals surface area contributed by atoms with Crippen molar-refractivity contribution in [2.24, 2.45) is 23.2 Å². The van der Waals surface area contributed by atoms with Crippen molar-refractivity contribution in [3.63, 3.8) is 0 Å². The molecule has 5 rings (SSSR count). The number of benzene rings is 1. The van der Waals surface area contributed by atoms with Crippen LogP contribution in [0.5, 0.6) is 0 Å². The van der Waals surface area contributed by atoms with Gasteiger partial charge in [-0.15, -0.1) is 0 Å². The van der Waals surface area contributed by atoms with E-state index in [4.69, 9.17) is 14.2 Å². The van der Waals surface area contributed by atoms with E-state index in [0.717, 1.165) is 23.4 Å². The molecule has 1 unspecified atom stereocenters. The van der Waals surface area contributed by atoms with E-state index in [0.29, 0.717) is 6.54 Å². The number of likely N-dealkylation sites (N-methyl/N-ethyl adjacent to an activating group) is 1. The second-order valence-corrected chi connectivity index (χ2v) is 14.7. The van der Waals surface area contributed by atoms with E-state index >= 15 is 4.39 Å². The topological polar surface area (TPSA) is 112 Å². The number of rotatable bonds is 5. The highest BCUT2D eigenvalue weighted by atomic mass is 19.1. The Morgan fingerprint density at radius 2 is 1.70 bits per heavy atom. The van der Waals surface area contributed by atoms with Crippen LogP contribution >= 0.6 is 0 Å². The molecule has 0 saturated carbocycles. The van der Waals surface area contributed by atoms with Crippen LogP contribution in [0, 0.1) is 23.2 Å². The second kappa shape index (κ2) is 12.5. The maximum atomic E-state index is 16.2. The van der Waals surface area contributed by atoms with Crippen molar-refractivity contribution in [1.29, 1.82) is 0 Å². The molecule has 9 nitrogen and oxygen atoms in total. The summed E-state index contributed by atoms with van der Waals surface area (Å²) in [7, 11) is 1.78. The molecule has 3 fully saturated rings. The zero-order valence-electron chi connectivity index (χ0n) is 28.7. The average Bonchev–Trinajstić information content (AvgIpc) is 3.47. The summed E-state index contributed by atoms with van der Waals surface area (Å²) in [5, 5.41) is 1.00. The maximum absolute atomic E-state index is 16.2. The number of Topliss-reactive ketones (excluding diaryl/α,β-unsaturated/α-hetero) is 2. The summed E-state index contributed by atoms with van der Waals surface area (Å²) in [5.74, 6) is -5.01. The zero-order valence-corrected chi connectivity index (χ0v) is 28.7. The molecule has 9 atom stereocenters. The molecule has 0 bridgehead atoms. The fraction of sp³-hybridized carbons (Fsp3) is 0.595. The van der Waals surface area contributed by atoms with E-state index in [1.165, 1.54) is 0 Å². The minimum atomic E-state index is -2.95. The summed E-state index contributed by atoms with van der Waals surface area (Å²) in [6, 6.07) is 9.09. The third-order valence-electron chi connectivity index (χ3n) is 10.7. The molecule has 3 aliphatic rings. The quantitative estimate of drug-likeness (QED) is 0.305. The molecule has 0 N–H and O–H groups in total. The van der Waals surface area contributed by atoms with Gasteiger partial charge in [-0.05, 0) is 64.8 Å². The molecule has 3 aliphatic heterocycles. The lowest BCUT2D eigenvalue weighted by atomic mass is 9.62. The summed E-state index contributed by atoms with van der Waals surface area (Å²) in [5.41, 5.74) is -4.68. The summed E-state index contributed by atoms with van der Waals surface area (Å²) >= 11 is 0. The lowest BCUT2D eigenvalue weighted by Gasteiger charge is -2.44. The van der Waals surface area contributed by atoms with E-state index in [-0.39, 0.29) is 31.7 Å². The van der Waals surface area contributed by atoms with Crippen molar-refractivity contribution >= 4 is 40.5 Å². The number of halogens is 1. The van der Waals surface area contributed by atoms with Crippen molar-refractivity contribution in [2.45, 2.75) is 96.7 Å². The first kappa shape index (κ1) is 34.8. The van der Waals surface area contributed by atoms with Gasteiger partial charge in [0, 0.05) is 41.3 Å². The fourth-order valence-electron chi connectivity index (χ4n) is 8.68. The third kappa shape index (κ3) is 6.15. The Morgan fingerprint density at radius 1 is 1.04 bits per heavy atom. The van der Waals surface area contributed by atoms with Crippen LogP contribution in [-0.4, -0.2) is 82.6 Å². The monoisotopic (exact) mass is 650 g/mol. The van der Waals surface area contributed by atoms with Gasteiger partial charge < -0.3 is 14.2 Å². The van der Waals surface area contributed by atoms with Crippen LogP contribution in [-0.2, 0) is 33.4 Å². The molecule has 2 aromatic rings. The van der Waals surface area contributed by atoms with Crippen LogP contribution in [0.2, 0.25) is 0 Å². The Balaban J connectivity index is 1.48. The summed E-state index contributed by atoms with van der Waals surface area (Å²) in [4.78, 5) is 61.1. The number of carbonyl (C=O) groups excluding carboxylic acids is 4. The molecule has 0 amide bonds. The smallest absolute Gasteiger partial charge is 0.351 e. The van der Waals surface area contributed by atoms with Crippen LogP contribution in [0.3, 0.4) is 0 Å². The predicted octanol–water partition coefficient (Wildman–Crippen LogP) is 5.53. The first-order valence-corrected chi connectivity index (χ1v) is 16.5. The number of alkyl halides is 1. The number of cyclic esters (lactones) is 1. The van der Waals surface area contributed by atoms with E-state index < -0.39 is 69.9 Å². The molecular formula is C37H47FN2O7. The van der Waals surface area contributed by atoms with Gasteiger partial charge in [-0.25, -0.2) is 9.18 Å². The summed E-state index contributed by atoms with van der Waals surface area (Å²) in [6.45, 7) is 11.8. The Hall–Kier alpha value is -3.50. The van der Waals surface area contributed by atoms with Crippen LogP contribution in [0.15, 0.2) is 42.6 Å². The van der Waals surface area contributed by atoms with Crippen LogP contribution in [0.1, 0.15) is 73.3 Å². The van der Waals surface area contributed by atoms with Crippen LogP contribution in [0.4, 0.5) is 4.39 Å². The van der Waals surface area contributed by atoms with E-state index in [9.17, 15) is 19.2 Å². The molecule has 0 spiro atoms. The van der Waals surface area contributed by atoms with Crippen molar-refractivity contribution in [2.75, 3.05) is 20.2 Å². The molecule has 47 heavy (non-hydrogen) atoms. The number of ether oxygens (including phenoxy) is 3. The van der Waals surface area contributed by atoms with Gasteiger partial charge in [0.15, 0.2) is 11.4 Å². The van der Waals surface area contributed by atoms with E-state index in [2.05, 4.69) is 4.98 Å². The first-order valence-electron chi connectivity index (χ1n) is 16.5. The molecule has 4 heterocycles. The Kier molecular flexibility index (Phi) is 9.27. The third-order valence-corrected chi connectivity index (χ3v) is 10.7. The van der Waals surface area contributed by atoms with Crippen molar-refractivity contribution in [3.8, 4) is 0 Å². The highest BCUT2D eigenvalue weighted by molar-refractivity contribution is 6.07. The van der Waals surface area contributed by atoms with E-state index in [1.54, 1.807) is 34.0 Å². The van der Waals surface area contributed by atoms with Crippen molar-refractivity contribution in [3.05, 3.63) is 48.2 Å². The molecule has 0 aliphatic carbocycles. The van der Waals surface area contributed by atoms with Crippen molar-refractivity contribution in [1.82, 2.24) is 9.88 Å². The van der Waals surface area contributed by atoms with Crippen molar-refractivity contribution < 1.29 is 37.8 Å². The van der Waals surface area contributed by atoms with Gasteiger partial charge in [-0.1, -0.05) is 58.0 Å². The number of ketones is 2. The predicted molar refractivity (Wildman–Crippen MR) is 175 cm³/mol. The highest BCUT2D eigenvalue weighted by Crippen LogP contribution is 2.55. The van der Waals surface area contributed by atoms with Gasteiger partial charge in [-0.2, -0.15) is 0 Å². The molecular weight excluding hydrogens is 603 g/mol. The summed E-state index contributed by atoms with van der Waals surface area (Å²) in [6.07, 6.45) is 4.93. The number of nitrogens with zero attached hydrogens (tertiary/aromatic N) is 2. The van der Waals surface area contributed by atoms with Gasteiger partial charge in [0.2, 0.25) is 0 Å². The number of para-hydroxylation sites is 1. The lowest BCUT2D eigenvalue weighted by Crippen LogP contribution is -2.57. The standard InChI is InChI=1S/C37H47FN2O7/c1-9-27-37(7)29-28(32(43)47-37)40(8)21-35(29,5)30(41)22(2)18-34(4,19-23(3)31(42)36(6,38)33(44)46-27)45-16-12-13-24-17-25-14-10-11-15-26(25)39-20-24/h10-15,17,20,22-23,27-29H,9,16,18-19,21H2,1-8H3/t22-,23-,27+,28-,29?,34-,35-,36-,37-/m1/s1. The molecule has 254 valence electrons. The molecule has 1 aromatic carbocycles. The molecule has 1 aromatic heterocycles. The Morgan fingerprint density at radius 3 is 2.38 bits per heavy atom.